The Bertz CT molecular complexity index is 1400. The van der Waals surface area contributed by atoms with Gasteiger partial charge in [-0.25, -0.2) is 0 Å². The highest BCUT2D eigenvalue weighted by atomic mass is 16.5. The highest BCUT2D eigenvalue weighted by molar-refractivity contribution is 6.03. The van der Waals surface area contributed by atoms with Crippen LogP contribution in [0.3, 0.4) is 0 Å². The van der Waals surface area contributed by atoms with Crippen molar-refractivity contribution >= 4 is 17.4 Å². The maximum absolute atomic E-state index is 14.0. The molecule has 1 fully saturated rings. The topological polar surface area (TPSA) is 61.9 Å². The molecular formula is C35H41N3O3. The molecule has 2 aliphatic heterocycles. The lowest BCUT2D eigenvalue weighted by molar-refractivity contribution is -0.132. The van der Waals surface area contributed by atoms with Crippen LogP contribution in [0.15, 0.2) is 84.4 Å². The zero-order valence-corrected chi connectivity index (χ0v) is 24.4. The normalized spacial score (nSPS) is 18.3. The molecule has 3 aromatic carbocycles. The van der Waals surface area contributed by atoms with E-state index in [1.165, 1.54) is 11.1 Å². The fourth-order valence-corrected chi connectivity index (χ4v) is 5.96. The van der Waals surface area contributed by atoms with Gasteiger partial charge in [0, 0.05) is 45.2 Å². The van der Waals surface area contributed by atoms with E-state index in [2.05, 4.69) is 54.7 Å². The van der Waals surface area contributed by atoms with Crippen LogP contribution in [0.1, 0.15) is 42.0 Å². The molecule has 6 heteroatoms. The third-order valence-corrected chi connectivity index (χ3v) is 8.24. The molecule has 2 atom stereocenters. The van der Waals surface area contributed by atoms with Crippen molar-refractivity contribution in [1.82, 2.24) is 15.1 Å². The van der Waals surface area contributed by atoms with Gasteiger partial charge >= 0.3 is 0 Å². The summed E-state index contributed by atoms with van der Waals surface area (Å²) in [7, 11) is 1.89. The number of rotatable bonds is 10. The Morgan fingerprint density at radius 1 is 0.951 bits per heavy atom. The number of hydrogen-bond acceptors (Lipinski definition) is 4. The largest absolute Gasteiger partial charge is 0.493 e. The van der Waals surface area contributed by atoms with Gasteiger partial charge in [-0.15, -0.1) is 0 Å². The first-order valence-corrected chi connectivity index (χ1v) is 14.7. The fraction of sp³-hybridized carbons (Fsp3) is 0.371. The zero-order valence-electron chi connectivity index (χ0n) is 24.4. The molecular weight excluding hydrogens is 510 g/mol. The molecule has 1 saturated heterocycles. The number of aryl methyl sites for hydroxylation is 2. The van der Waals surface area contributed by atoms with Crippen LogP contribution in [-0.2, 0) is 22.4 Å². The predicted octanol–water partition coefficient (Wildman–Crippen LogP) is 5.05. The van der Waals surface area contributed by atoms with E-state index < -0.39 is 0 Å². The molecule has 0 radical (unpaired) electrons. The Kier molecular flexibility index (Phi) is 9.20. The maximum atomic E-state index is 14.0. The summed E-state index contributed by atoms with van der Waals surface area (Å²) in [6.45, 7) is 6.14. The van der Waals surface area contributed by atoms with E-state index in [0.717, 1.165) is 47.3 Å². The van der Waals surface area contributed by atoms with Gasteiger partial charge in [0.15, 0.2) is 0 Å². The van der Waals surface area contributed by atoms with E-state index >= 15 is 0 Å². The quantitative estimate of drug-likeness (QED) is 0.358. The molecule has 214 valence electrons. The summed E-state index contributed by atoms with van der Waals surface area (Å²) < 4.78 is 6.01. The lowest BCUT2D eigenvalue weighted by Crippen LogP contribution is -2.61. The van der Waals surface area contributed by atoms with Crippen LogP contribution >= 0.6 is 0 Å². The van der Waals surface area contributed by atoms with Crippen molar-refractivity contribution in [2.24, 2.45) is 0 Å². The molecule has 2 amide bonds. The zero-order chi connectivity index (χ0) is 28.8. The van der Waals surface area contributed by atoms with Gasteiger partial charge in [-0.2, -0.15) is 0 Å². The minimum Gasteiger partial charge on any atom is -0.493 e. The highest BCUT2D eigenvalue weighted by Gasteiger charge is 2.39. The van der Waals surface area contributed by atoms with Crippen molar-refractivity contribution < 1.29 is 14.3 Å². The molecule has 0 saturated carbocycles. The number of ether oxygens (including phenoxy) is 1. The Balaban J connectivity index is 1.35. The molecule has 0 aromatic heterocycles. The Hall–Kier alpha value is -3.90. The highest BCUT2D eigenvalue weighted by Crippen LogP contribution is 2.34. The Morgan fingerprint density at radius 2 is 1.71 bits per heavy atom. The van der Waals surface area contributed by atoms with Crippen molar-refractivity contribution in [3.8, 4) is 5.75 Å². The molecule has 6 nitrogen and oxygen atoms in total. The number of para-hydroxylation sites is 1. The summed E-state index contributed by atoms with van der Waals surface area (Å²) in [5.41, 5.74) is 6.60. The van der Waals surface area contributed by atoms with Crippen LogP contribution in [0.5, 0.6) is 5.75 Å². The van der Waals surface area contributed by atoms with Gasteiger partial charge in [0.05, 0.1) is 12.6 Å². The number of nitrogens with one attached hydrogen (secondary N) is 1. The molecule has 2 aliphatic rings. The second-order valence-corrected chi connectivity index (χ2v) is 11.3. The third kappa shape index (κ3) is 7.06. The summed E-state index contributed by atoms with van der Waals surface area (Å²) in [6, 6.07) is 26.9. The van der Waals surface area contributed by atoms with Crippen molar-refractivity contribution in [1.29, 1.82) is 0 Å². The second-order valence-electron chi connectivity index (χ2n) is 11.3. The van der Waals surface area contributed by atoms with Crippen LogP contribution < -0.4 is 10.1 Å². The smallest absolute Gasteiger partial charge is 0.251 e. The van der Waals surface area contributed by atoms with E-state index in [9.17, 15) is 9.59 Å². The van der Waals surface area contributed by atoms with E-state index in [-0.39, 0.29) is 23.9 Å². The number of nitrogens with zero attached hydrogens (tertiary/aromatic N) is 2. The monoisotopic (exact) mass is 551 g/mol. The van der Waals surface area contributed by atoms with E-state index in [0.29, 0.717) is 32.7 Å². The van der Waals surface area contributed by atoms with Crippen molar-refractivity contribution in [3.05, 3.63) is 107 Å². The minimum atomic E-state index is -0.181. The Labute approximate surface area is 244 Å². The van der Waals surface area contributed by atoms with Crippen molar-refractivity contribution in [2.75, 3.05) is 33.3 Å². The number of benzene rings is 3. The van der Waals surface area contributed by atoms with Crippen LogP contribution in [0.4, 0.5) is 0 Å². The molecule has 0 spiro atoms. The average molecular weight is 552 g/mol. The first kappa shape index (κ1) is 28.6. The number of hydrogen-bond donors (Lipinski definition) is 1. The molecule has 5 rings (SSSR count). The van der Waals surface area contributed by atoms with Gasteiger partial charge in [0.2, 0.25) is 5.91 Å². The number of amides is 2. The van der Waals surface area contributed by atoms with Gasteiger partial charge < -0.3 is 19.9 Å². The van der Waals surface area contributed by atoms with Gasteiger partial charge in [0.25, 0.3) is 5.91 Å². The van der Waals surface area contributed by atoms with E-state index in [1.807, 2.05) is 53.2 Å². The molecule has 1 N–H and O–H groups in total. The summed E-state index contributed by atoms with van der Waals surface area (Å²) in [4.78, 5) is 30.1. The summed E-state index contributed by atoms with van der Waals surface area (Å²) in [5.74, 6) is 1.03. The summed E-state index contributed by atoms with van der Waals surface area (Å²) in [5, 5.41) is 3.66. The van der Waals surface area contributed by atoms with Crippen LogP contribution in [0.2, 0.25) is 0 Å². The molecule has 3 aromatic rings. The van der Waals surface area contributed by atoms with Gasteiger partial charge in [-0.1, -0.05) is 72.8 Å². The van der Waals surface area contributed by atoms with Gasteiger partial charge in [0.1, 0.15) is 5.75 Å². The molecule has 2 heterocycles. The van der Waals surface area contributed by atoms with E-state index in [1.54, 1.807) is 6.92 Å². The minimum absolute atomic E-state index is 0.0364. The van der Waals surface area contributed by atoms with Crippen LogP contribution in [0.25, 0.3) is 5.57 Å². The van der Waals surface area contributed by atoms with Gasteiger partial charge in [-0.05, 0) is 66.5 Å². The lowest BCUT2D eigenvalue weighted by atomic mass is 9.82. The average Bonchev–Trinajstić information content (AvgIpc) is 2.99. The lowest BCUT2D eigenvalue weighted by Gasteiger charge is -2.44. The van der Waals surface area contributed by atoms with E-state index in [4.69, 9.17) is 4.74 Å². The number of likely N-dealkylation sites (N-methyl/N-ethyl adjacent to an activating group) is 1. The standard InChI is InChI=1S/C35H41N3O3/c1-25-11-7-8-17-33(25)41-20-10-15-28-14-9-16-29(21-28)31-22-30-23-38(26(2)39)24-32(36-30)34(31)35(40)37(3)19-18-27-12-5-4-6-13-27/h4-9,11-14,16-17,21,30,32,36H,10,15,18-20,22-24H2,1-3H3/t30-,32-/m1/s1. The molecule has 41 heavy (non-hydrogen) atoms. The first-order valence-electron chi connectivity index (χ1n) is 14.7. The number of fused-ring (bicyclic) bond motifs is 2. The van der Waals surface area contributed by atoms with Gasteiger partial charge in [-0.3, -0.25) is 9.59 Å². The summed E-state index contributed by atoms with van der Waals surface area (Å²) >= 11 is 0. The molecule has 0 aliphatic carbocycles. The number of piperazine rings is 1. The second kappa shape index (κ2) is 13.2. The van der Waals surface area contributed by atoms with Crippen LogP contribution in [0, 0.1) is 6.92 Å². The number of carbonyl (C=O) groups is 2. The Morgan fingerprint density at radius 3 is 2.49 bits per heavy atom. The fourth-order valence-electron chi connectivity index (χ4n) is 5.96. The third-order valence-electron chi connectivity index (χ3n) is 8.24. The molecule has 0 unspecified atom stereocenters. The van der Waals surface area contributed by atoms with Crippen LogP contribution in [-0.4, -0.2) is 67.0 Å². The first-order chi connectivity index (χ1) is 19.9. The number of carbonyl (C=O) groups excluding carboxylic acids is 2. The summed E-state index contributed by atoms with van der Waals surface area (Å²) in [6.07, 6.45) is 3.32. The van der Waals surface area contributed by atoms with Crippen molar-refractivity contribution in [3.63, 3.8) is 0 Å². The van der Waals surface area contributed by atoms with Crippen molar-refractivity contribution in [2.45, 2.75) is 51.6 Å². The predicted molar refractivity (Wildman–Crippen MR) is 164 cm³/mol. The molecule has 2 bridgehead atoms. The SMILES string of the molecule is CC(=O)N1C[C@H]2CC(c3cccc(CCCOc4ccccc4C)c3)=C(C(=O)N(C)CCc3ccccc3)[C@@H](C1)N2. The maximum Gasteiger partial charge on any atom is 0.251 e.